The molecule has 0 bridgehead atoms. The maximum absolute atomic E-state index is 6.01. The molecule has 0 fully saturated rings. The largest absolute Gasteiger partial charge is 0.486 e. The van der Waals surface area contributed by atoms with E-state index in [1.165, 1.54) is 5.56 Å². The van der Waals surface area contributed by atoms with Gasteiger partial charge >= 0.3 is 0 Å². The highest BCUT2D eigenvalue weighted by Gasteiger charge is 2.24. The number of halogens is 1. The number of nitrogens with two attached hydrogens (primary N) is 1. The van der Waals surface area contributed by atoms with Gasteiger partial charge in [0.05, 0.1) is 12.2 Å². The fourth-order valence-electron chi connectivity index (χ4n) is 2.62. The average molecular weight is 303 g/mol. The molecule has 4 heteroatoms. The lowest BCUT2D eigenvalue weighted by Gasteiger charge is -2.36. The summed E-state index contributed by atoms with van der Waals surface area (Å²) in [5.74, 6) is 0.877. The first-order valence-corrected chi connectivity index (χ1v) is 7.59. The molecule has 110 valence electrons. The summed E-state index contributed by atoms with van der Waals surface area (Å²) in [6.07, 6.45) is 1.18. The molecule has 2 aromatic rings. The van der Waals surface area contributed by atoms with Gasteiger partial charge < -0.3 is 15.4 Å². The maximum atomic E-state index is 6.01. The normalized spacial score (nSPS) is 17.2. The molecule has 3 nitrogen and oxygen atoms in total. The summed E-state index contributed by atoms with van der Waals surface area (Å²) in [5, 5.41) is 0.764. The molecule has 2 N–H and O–H groups in total. The van der Waals surface area contributed by atoms with Crippen molar-refractivity contribution in [2.75, 3.05) is 17.2 Å². The predicted molar refractivity (Wildman–Crippen MR) is 88.1 cm³/mol. The van der Waals surface area contributed by atoms with E-state index in [4.69, 9.17) is 22.1 Å². The van der Waals surface area contributed by atoms with E-state index in [-0.39, 0.29) is 6.10 Å². The molecule has 1 aliphatic heterocycles. The molecule has 2 aromatic carbocycles. The van der Waals surface area contributed by atoms with Gasteiger partial charge in [0.25, 0.3) is 0 Å². The minimum absolute atomic E-state index is 0.201. The molecule has 1 heterocycles. The first-order chi connectivity index (χ1) is 10.2. The number of nitrogens with zero attached hydrogens (tertiary/aromatic N) is 1. The van der Waals surface area contributed by atoms with Gasteiger partial charge in [-0.15, -0.1) is 0 Å². The van der Waals surface area contributed by atoms with E-state index >= 15 is 0 Å². The van der Waals surface area contributed by atoms with Crippen LogP contribution in [0.5, 0.6) is 5.75 Å². The van der Waals surface area contributed by atoms with Crippen LogP contribution in [-0.4, -0.2) is 12.6 Å². The Bertz CT molecular complexity index is 627. The molecular formula is C17H19ClN2O. The van der Waals surface area contributed by atoms with Crippen molar-refractivity contribution in [1.82, 2.24) is 0 Å². The number of nitrogen functional groups attached to an aromatic ring is 1. The maximum Gasteiger partial charge on any atom is 0.145 e. The summed E-state index contributed by atoms with van der Waals surface area (Å²) < 4.78 is 6.01. The predicted octanol–water partition coefficient (Wildman–Crippen LogP) is 4.10. The molecule has 0 spiro atoms. The summed E-state index contributed by atoms with van der Waals surface area (Å²) in [7, 11) is 0. The van der Waals surface area contributed by atoms with Gasteiger partial charge in [0.1, 0.15) is 11.9 Å². The lowest BCUT2D eigenvalue weighted by Crippen LogP contribution is -2.39. The van der Waals surface area contributed by atoms with Crippen LogP contribution in [0.25, 0.3) is 0 Å². The monoisotopic (exact) mass is 302 g/mol. The second-order valence-corrected chi connectivity index (χ2v) is 5.82. The fraction of sp³-hybridized carbons (Fsp3) is 0.294. The number of benzene rings is 2. The molecule has 0 saturated heterocycles. The van der Waals surface area contributed by atoms with Crippen LogP contribution in [0.15, 0.2) is 42.5 Å². The highest BCUT2D eigenvalue weighted by molar-refractivity contribution is 6.30. The smallest absolute Gasteiger partial charge is 0.145 e. The third-order valence-corrected chi connectivity index (χ3v) is 4.04. The molecule has 1 unspecified atom stereocenters. The van der Waals surface area contributed by atoms with E-state index in [1.54, 1.807) is 0 Å². The van der Waals surface area contributed by atoms with Gasteiger partial charge in [-0.3, -0.25) is 0 Å². The van der Waals surface area contributed by atoms with Gasteiger partial charge in [-0.25, -0.2) is 0 Å². The van der Waals surface area contributed by atoms with Crippen molar-refractivity contribution >= 4 is 23.0 Å². The summed E-state index contributed by atoms with van der Waals surface area (Å²) in [5.41, 5.74) is 8.94. The van der Waals surface area contributed by atoms with Gasteiger partial charge in [-0.05, 0) is 36.2 Å². The van der Waals surface area contributed by atoms with Crippen LogP contribution in [0.2, 0.25) is 5.02 Å². The van der Waals surface area contributed by atoms with Gasteiger partial charge in [0, 0.05) is 23.3 Å². The Morgan fingerprint density at radius 3 is 2.71 bits per heavy atom. The summed E-state index contributed by atoms with van der Waals surface area (Å²) in [4.78, 5) is 2.34. The van der Waals surface area contributed by atoms with E-state index in [0.29, 0.717) is 0 Å². The van der Waals surface area contributed by atoms with Gasteiger partial charge in [-0.1, -0.05) is 30.7 Å². The Morgan fingerprint density at radius 2 is 2.00 bits per heavy atom. The first kappa shape index (κ1) is 14.1. The highest BCUT2D eigenvalue weighted by atomic mass is 35.5. The van der Waals surface area contributed by atoms with Crippen molar-refractivity contribution < 1.29 is 4.74 Å². The zero-order chi connectivity index (χ0) is 14.8. The second-order valence-electron chi connectivity index (χ2n) is 5.38. The van der Waals surface area contributed by atoms with Crippen LogP contribution in [0, 0.1) is 0 Å². The quantitative estimate of drug-likeness (QED) is 0.868. The molecule has 0 radical (unpaired) electrons. The molecule has 3 rings (SSSR count). The number of hydrogen-bond acceptors (Lipinski definition) is 3. The number of rotatable bonds is 3. The minimum Gasteiger partial charge on any atom is -0.486 e. The van der Waals surface area contributed by atoms with Crippen LogP contribution in [0.3, 0.4) is 0 Å². The van der Waals surface area contributed by atoms with Crippen LogP contribution < -0.4 is 15.4 Å². The number of hydrogen-bond donors (Lipinski definition) is 1. The molecule has 21 heavy (non-hydrogen) atoms. The van der Waals surface area contributed by atoms with Crippen LogP contribution in [0.4, 0.5) is 11.4 Å². The molecule has 0 aromatic heterocycles. The summed E-state index contributed by atoms with van der Waals surface area (Å²) >= 11 is 5.95. The zero-order valence-corrected chi connectivity index (χ0v) is 12.8. The number of ether oxygens (including phenoxy) is 1. The van der Waals surface area contributed by atoms with E-state index < -0.39 is 0 Å². The standard InChI is InChI=1S/C17H19ClN2O/c1-2-15-11-20(10-12-3-5-13(18)6-4-12)16-8-7-14(19)9-17(16)21-15/h3-9,15H,2,10-11,19H2,1H3. The number of fused-ring (bicyclic) bond motifs is 1. The lowest BCUT2D eigenvalue weighted by molar-refractivity contribution is 0.189. The Kier molecular flexibility index (Phi) is 3.93. The van der Waals surface area contributed by atoms with E-state index in [1.807, 2.05) is 30.3 Å². The summed E-state index contributed by atoms with van der Waals surface area (Å²) in [6, 6.07) is 13.9. The average Bonchev–Trinajstić information content (AvgIpc) is 2.49. The molecule has 0 aliphatic carbocycles. The number of anilines is 2. The SMILES string of the molecule is CCC1CN(Cc2ccc(Cl)cc2)c2ccc(N)cc2O1. The molecule has 1 atom stereocenters. The van der Waals surface area contributed by atoms with E-state index in [2.05, 4.69) is 24.0 Å². The van der Waals surface area contributed by atoms with Crippen molar-refractivity contribution in [3.05, 3.63) is 53.1 Å². The molecular weight excluding hydrogens is 284 g/mol. The third-order valence-electron chi connectivity index (χ3n) is 3.78. The van der Waals surface area contributed by atoms with Crippen molar-refractivity contribution in [3.63, 3.8) is 0 Å². The van der Waals surface area contributed by atoms with Crippen LogP contribution in [-0.2, 0) is 6.54 Å². The Hall–Kier alpha value is -1.87. The Morgan fingerprint density at radius 1 is 1.24 bits per heavy atom. The molecule has 0 amide bonds. The highest BCUT2D eigenvalue weighted by Crippen LogP contribution is 2.36. The van der Waals surface area contributed by atoms with E-state index in [0.717, 1.165) is 41.7 Å². The van der Waals surface area contributed by atoms with Gasteiger partial charge in [0.15, 0.2) is 0 Å². The van der Waals surface area contributed by atoms with Crippen molar-refractivity contribution in [2.45, 2.75) is 26.0 Å². The van der Waals surface area contributed by atoms with Crippen molar-refractivity contribution in [3.8, 4) is 5.75 Å². The second kappa shape index (κ2) is 5.86. The third kappa shape index (κ3) is 3.08. The van der Waals surface area contributed by atoms with Crippen molar-refractivity contribution in [1.29, 1.82) is 0 Å². The Balaban J connectivity index is 1.89. The summed E-state index contributed by atoms with van der Waals surface area (Å²) in [6.45, 7) is 3.87. The lowest BCUT2D eigenvalue weighted by atomic mass is 10.1. The zero-order valence-electron chi connectivity index (χ0n) is 12.1. The fourth-order valence-corrected chi connectivity index (χ4v) is 2.75. The topological polar surface area (TPSA) is 38.5 Å². The first-order valence-electron chi connectivity index (χ1n) is 7.21. The minimum atomic E-state index is 0.201. The van der Waals surface area contributed by atoms with Gasteiger partial charge in [0.2, 0.25) is 0 Å². The van der Waals surface area contributed by atoms with Crippen LogP contribution in [0.1, 0.15) is 18.9 Å². The Labute approximate surface area is 130 Å². The van der Waals surface area contributed by atoms with Crippen LogP contribution >= 0.6 is 11.6 Å². The van der Waals surface area contributed by atoms with Crippen molar-refractivity contribution in [2.24, 2.45) is 0 Å². The van der Waals surface area contributed by atoms with Gasteiger partial charge in [-0.2, -0.15) is 0 Å². The van der Waals surface area contributed by atoms with E-state index in [9.17, 15) is 0 Å². The molecule has 0 saturated carbocycles. The molecule has 1 aliphatic rings.